The van der Waals surface area contributed by atoms with Gasteiger partial charge in [-0.05, 0) is 32.1 Å². The highest BCUT2D eigenvalue weighted by Crippen LogP contribution is 2.25. The fourth-order valence-corrected chi connectivity index (χ4v) is 2.51. The van der Waals surface area contributed by atoms with E-state index in [1.807, 2.05) is 60.3 Å². The summed E-state index contributed by atoms with van der Waals surface area (Å²) >= 11 is 0. The Morgan fingerprint density at radius 3 is 2.52 bits per heavy atom. The molecule has 0 aliphatic carbocycles. The molecule has 0 unspecified atom stereocenters. The minimum Gasteiger partial charge on any atom is -0.463 e. The third-order valence-electron chi connectivity index (χ3n) is 3.77. The van der Waals surface area contributed by atoms with Gasteiger partial charge in [0.15, 0.2) is 0 Å². The van der Waals surface area contributed by atoms with Crippen molar-refractivity contribution in [3.8, 4) is 16.9 Å². The number of esters is 1. The summed E-state index contributed by atoms with van der Waals surface area (Å²) < 4.78 is 6.78. The van der Waals surface area contributed by atoms with Gasteiger partial charge in [-0.1, -0.05) is 48.0 Å². The number of ether oxygens (including phenoxy) is 1. The predicted molar refractivity (Wildman–Crippen MR) is 99.4 cm³/mol. The number of rotatable bonds is 5. The molecule has 3 rings (SSSR count). The largest absolute Gasteiger partial charge is 0.463 e. The topological polar surface area (TPSA) is 44.1 Å². The Balaban J connectivity index is 2.03. The van der Waals surface area contributed by atoms with Crippen molar-refractivity contribution >= 4 is 12.0 Å². The van der Waals surface area contributed by atoms with Gasteiger partial charge in [-0.25, -0.2) is 9.48 Å². The number of benzene rings is 2. The van der Waals surface area contributed by atoms with Crippen LogP contribution in [0.4, 0.5) is 0 Å². The lowest BCUT2D eigenvalue weighted by atomic mass is 10.1. The van der Waals surface area contributed by atoms with Gasteiger partial charge in [-0.15, -0.1) is 0 Å². The van der Waals surface area contributed by atoms with Gasteiger partial charge >= 0.3 is 5.97 Å². The van der Waals surface area contributed by atoms with Crippen molar-refractivity contribution in [3.05, 3.63) is 78.0 Å². The van der Waals surface area contributed by atoms with Gasteiger partial charge < -0.3 is 4.74 Å². The van der Waals surface area contributed by atoms with E-state index >= 15 is 0 Å². The van der Waals surface area contributed by atoms with E-state index in [0.29, 0.717) is 6.61 Å². The van der Waals surface area contributed by atoms with Crippen LogP contribution >= 0.6 is 0 Å². The van der Waals surface area contributed by atoms with Gasteiger partial charge in [0.2, 0.25) is 0 Å². The van der Waals surface area contributed by atoms with Gasteiger partial charge in [-0.3, -0.25) is 0 Å². The second kappa shape index (κ2) is 7.62. The van der Waals surface area contributed by atoms with E-state index in [1.165, 1.54) is 11.6 Å². The van der Waals surface area contributed by atoms with Gasteiger partial charge in [0, 0.05) is 23.4 Å². The van der Waals surface area contributed by atoms with E-state index in [2.05, 4.69) is 12.1 Å². The van der Waals surface area contributed by atoms with Crippen molar-refractivity contribution in [2.75, 3.05) is 6.61 Å². The molecule has 4 nitrogen and oxygen atoms in total. The lowest BCUT2D eigenvalue weighted by molar-refractivity contribution is -0.137. The molecule has 0 radical (unpaired) electrons. The van der Waals surface area contributed by atoms with Gasteiger partial charge in [0.05, 0.1) is 18.0 Å². The van der Waals surface area contributed by atoms with E-state index in [4.69, 9.17) is 9.84 Å². The number of carbonyl (C=O) groups excluding carboxylic acids is 1. The van der Waals surface area contributed by atoms with Crippen molar-refractivity contribution in [1.29, 1.82) is 0 Å². The summed E-state index contributed by atoms with van der Waals surface area (Å²) in [4.78, 5) is 11.6. The zero-order chi connectivity index (χ0) is 17.6. The molecule has 1 aromatic heterocycles. The molecule has 2 aromatic carbocycles. The molecule has 1 heterocycles. The molecule has 0 aliphatic rings. The molecule has 126 valence electrons. The van der Waals surface area contributed by atoms with Crippen LogP contribution in [0.1, 0.15) is 18.1 Å². The lowest BCUT2D eigenvalue weighted by Gasteiger charge is -2.01. The number of para-hydroxylation sites is 1. The first kappa shape index (κ1) is 16.7. The number of carbonyl (C=O) groups is 1. The van der Waals surface area contributed by atoms with Gasteiger partial charge in [-0.2, -0.15) is 5.10 Å². The van der Waals surface area contributed by atoms with Gasteiger partial charge in [0.25, 0.3) is 0 Å². The molecular weight excluding hydrogens is 312 g/mol. The fourth-order valence-electron chi connectivity index (χ4n) is 2.51. The number of hydrogen-bond donors (Lipinski definition) is 0. The molecule has 0 atom stereocenters. The molecule has 4 heteroatoms. The van der Waals surface area contributed by atoms with Crippen LogP contribution in [0.25, 0.3) is 23.0 Å². The normalized spacial score (nSPS) is 11.0. The predicted octanol–water partition coefficient (Wildman–Crippen LogP) is 4.42. The van der Waals surface area contributed by atoms with Crippen molar-refractivity contribution in [1.82, 2.24) is 9.78 Å². The summed E-state index contributed by atoms with van der Waals surface area (Å²) in [5.41, 5.74) is 4.84. The monoisotopic (exact) mass is 332 g/mol. The third-order valence-corrected chi connectivity index (χ3v) is 3.77. The minimum absolute atomic E-state index is 0.357. The minimum atomic E-state index is -0.357. The van der Waals surface area contributed by atoms with Crippen LogP contribution in [-0.2, 0) is 9.53 Å². The van der Waals surface area contributed by atoms with Crippen molar-refractivity contribution in [3.63, 3.8) is 0 Å². The third kappa shape index (κ3) is 4.04. The summed E-state index contributed by atoms with van der Waals surface area (Å²) in [6, 6.07) is 18.1. The molecule has 3 aromatic rings. The van der Waals surface area contributed by atoms with E-state index in [0.717, 1.165) is 22.5 Å². The van der Waals surface area contributed by atoms with Gasteiger partial charge in [0.1, 0.15) is 0 Å². The van der Waals surface area contributed by atoms with E-state index < -0.39 is 0 Å². The molecule has 0 aliphatic heterocycles. The number of hydrogen-bond acceptors (Lipinski definition) is 3. The van der Waals surface area contributed by atoms with Crippen LogP contribution in [0, 0.1) is 6.92 Å². The van der Waals surface area contributed by atoms with Crippen LogP contribution in [0.2, 0.25) is 0 Å². The summed E-state index contributed by atoms with van der Waals surface area (Å²) in [6.45, 7) is 4.20. The summed E-state index contributed by atoms with van der Waals surface area (Å²) in [6.07, 6.45) is 5.10. The first-order chi connectivity index (χ1) is 12.2. The van der Waals surface area contributed by atoms with Crippen LogP contribution in [0.3, 0.4) is 0 Å². The number of aromatic nitrogens is 2. The molecule has 0 spiro atoms. The van der Waals surface area contributed by atoms with Crippen LogP contribution < -0.4 is 0 Å². The average molecular weight is 332 g/mol. The SMILES string of the molecule is CCOC(=O)/C=C/c1cn(-c2ccccc2)nc1-c1ccc(C)cc1. The van der Waals surface area contributed by atoms with Crippen LogP contribution in [-0.4, -0.2) is 22.4 Å². The van der Waals surface area contributed by atoms with E-state index in [9.17, 15) is 4.79 Å². The Morgan fingerprint density at radius 1 is 1.12 bits per heavy atom. The quantitative estimate of drug-likeness (QED) is 0.513. The highest BCUT2D eigenvalue weighted by atomic mass is 16.5. The van der Waals surface area contributed by atoms with Crippen molar-refractivity contribution in [2.24, 2.45) is 0 Å². The maximum absolute atomic E-state index is 11.6. The summed E-state index contributed by atoms with van der Waals surface area (Å²) in [7, 11) is 0. The maximum Gasteiger partial charge on any atom is 0.330 e. The summed E-state index contributed by atoms with van der Waals surface area (Å²) in [5.74, 6) is -0.357. The first-order valence-corrected chi connectivity index (χ1v) is 8.24. The second-order valence-corrected chi connectivity index (χ2v) is 5.66. The molecule has 0 bridgehead atoms. The Labute approximate surface area is 147 Å². The average Bonchev–Trinajstić information content (AvgIpc) is 3.06. The Hall–Kier alpha value is -3.14. The molecule has 0 N–H and O–H groups in total. The first-order valence-electron chi connectivity index (χ1n) is 8.24. The zero-order valence-electron chi connectivity index (χ0n) is 14.3. The Kier molecular flexibility index (Phi) is 5.09. The van der Waals surface area contributed by atoms with Crippen LogP contribution in [0.15, 0.2) is 66.9 Å². The fraction of sp³-hybridized carbons (Fsp3) is 0.143. The summed E-state index contributed by atoms with van der Waals surface area (Å²) in [5, 5.41) is 4.72. The molecule has 0 saturated carbocycles. The molecule has 0 amide bonds. The highest BCUT2D eigenvalue weighted by molar-refractivity contribution is 5.88. The molecule has 0 fully saturated rings. The Morgan fingerprint density at radius 2 is 1.84 bits per heavy atom. The number of nitrogens with zero attached hydrogens (tertiary/aromatic N) is 2. The molecule has 0 saturated heterocycles. The van der Waals surface area contributed by atoms with Crippen molar-refractivity contribution < 1.29 is 9.53 Å². The smallest absolute Gasteiger partial charge is 0.330 e. The standard InChI is InChI=1S/C21H20N2O2/c1-3-25-20(24)14-13-18-15-23(19-7-5-4-6-8-19)22-21(18)17-11-9-16(2)10-12-17/h4-15H,3H2,1-2H3/b14-13+. The number of aryl methyl sites for hydroxylation is 1. The molecule has 25 heavy (non-hydrogen) atoms. The van der Waals surface area contributed by atoms with E-state index in [1.54, 1.807) is 13.0 Å². The van der Waals surface area contributed by atoms with E-state index in [-0.39, 0.29) is 5.97 Å². The zero-order valence-corrected chi connectivity index (χ0v) is 14.3. The Bertz CT molecular complexity index is 878. The van der Waals surface area contributed by atoms with Crippen molar-refractivity contribution in [2.45, 2.75) is 13.8 Å². The lowest BCUT2D eigenvalue weighted by Crippen LogP contribution is -1.98. The highest BCUT2D eigenvalue weighted by Gasteiger charge is 2.11. The molecular formula is C21H20N2O2. The maximum atomic E-state index is 11.6. The van der Waals surface area contributed by atoms with Crippen LogP contribution in [0.5, 0.6) is 0 Å². The second-order valence-electron chi connectivity index (χ2n) is 5.66.